The van der Waals surface area contributed by atoms with Crippen LogP contribution in [0.1, 0.15) is 47.4 Å². The van der Waals surface area contributed by atoms with Gasteiger partial charge in [0.1, 0.15) is 5.75 Å². The molecule has 4 rings (SSSR count). The van der Waals surface area contributed by atoms with Crippen LogP contribution in [0.25, 0.3) is 0 Å². The Hall–Kier alpha value is -2.98. The van der Waals surface area contributed by atoms with Gasteiger partial charge in [0.25, 0.3) is 0 Å². The topological polar surface area (TPSA) is 39.7 Å². The van der Waals surface area contributed by atoms with Crippen molar-refractivity contribution >= 4 is 0 Å². The van der Waals surface area contributed by atoms with E-state index in [1.165, 1.54) is 22.3 Å². The minimum Gasteiger partial charge on any atom is -0.497 e. The molecule has 3 aromatic carbocycles. The number of rotatable bonds is 11. The second-order valence-corrected chi connectivity index (χ2v) is 9.11. The molecule has 0 saturated carbocycles. The molecule has 34 heavy (non-hydrogen) atoms. The Morgan fingerprint density at radius 3 is 2.38 bits per heavy atom. The highest BCUT2D eigenvalue weighted by molar-refractivity contribution is 5.43. The second-order valence-electron chi connectivity index (χ2n) is 9.11. The van der Waals surface area contributed by atoms with Crippen LogP contribution in [0.3, 0.4) is 0 Å². The molecular weight excluding hydrogens is 422 g/mol. The molecule has 180 valence electrons. The molecule has 1 aliphatic rings. The van der Waals surface area contributed by atoms with Gasteiger partial charge in [0.05, 0.1) is 21.3 Å². The van der Waals surface area contributed by atoms with E-state index < -0.39 is 0 Å². The SMILES string of the molecule is COc1ccc2c(c1)CCC(NCCCCc1ccc(OC)c(OC)c1)C2Cc1ccccc1. The number of nitrogens with one attached hydrogen (secondary N) is 1. The lowest BCUT2D eigenvalue weighted by Crippen LogP contribution is -2.39. The first-order valence-corrected chi connectivity index (χ1v) is 12.4. The number of methoxy groups -OCH3 is 3. The van der Waals surface area contributed by atoms with Crippen molar-refractivity contribution in [3.63, 3.8) is 0 Å². The van der Waals surface area contributed by atoms with E-state index in [0.717, 1.165) is 62.3 Å². The van der Waals surface area contributed by atoms with Crippen molar-refractivity contribution < 1.29 is 14.2 Å². The quantitative estimate of drug-likeness (QED) is 0.359. The van der Waals surface area contributed by atoms with E-state index in [-0.39, 0.29) is 0 Å². The number of unbranched alkanes of at least 4 members (excludes halogenated alkanes) is 1. The molecule has 0 bridgehead atoms. The lowest BCUT2D eigenvalue weighted by molar-refractivity contribution is 0.354. The molecule has 4 nitrogen and oxygen atoms in total. The fourth-order valence-corrected chi connectivity index (χ4v) is 5.16. The van der Waals surface area contributed by atoms with Crippen LogP contribution >= 0.6 is 0 Å². The highest BCUT2D eigenvalue weighted by Crippen LogP contribution is 2.36. The van der Waals surface area contributed by atoms with E-state index in [2.05, 4.69) is 66.0 Å². The predicted molar refractivity (Wildman–Crippen MR) is 138 cm³/mol. The first-order valence-electron chi connectivity index (χ1n) is 12.4. The van der Waals surface area contributed by atoms with Gasteiger partial charge in [-0.25, -0.2) is 0 Å². The van der Waals surface area contributed by atoms with Crippen LogP contribution in [0.2, 0.25) is 0 Å². The first kappa shape index (κ1) is 24.2. The van der Waals surface area contributed by atoms with Gasteiger partial charge in [-0.2, -0.15) is 0 Å². The van der Waals surface area contributed by atoms with Gasteiger partial charge in [0, 0.05) is 12.0 Å². The average Bonchev–Trinajstić information content (AvgIpc) is 2.89. The van der Waals surface area contributed by atoms with Crippen LogP contribution in [-0.4, -0.2) is 33.9 Å². The van der Waals surface area contributed by atoms with Crippen molar-refractivity contribution in [2.24, 2.45) is 0 Å². The number of benzene rings is 3. The summed E-state index contributed by atoms with van der Waals surface area (Å²) < 4.78 is 16.3. The van der Waals surface area contributed by atoms with Gasteiger partial charge >= 0.3 is 0 Å². The van der Waals surface area contributed by atoms with Gasteiger partial charge in [0.2, 0.25) is 0 Å². The van der Waals surface area contributed by atoms with Crippen molar-refractivity contribution in [1.29, 1.82) is 0 Å². The molecule has 4 heteroatoms. The highest BCUT2D eigenvalue weighted by atomic mass is 16.5. The number of aryl methyl sites for hydroxylation is 2. The van der Waals surface area contributed by atoms with Gasteiger partial charge < -0.3 is 19.5 Å². The molecular formula is C30H37NO3. The minimum absolute atomic E-state index is 0.475. The maximum atomic E-state index is 5.49. The monoisotopic (exact) mass is 459 g/mol. The van der Waals surface area contributed by atoms with Crippen molar-refractivity contribution in [2.45, 2.75) is 50.5 Å². The van der Waals surface area contributed by atoms with Crippen LogP contribution in [0.5, 0.6) is 17.2 Å². The number of hydrogen-bond donors (Lipinski definition) is 1. The van der Waals surface area contributed by atoms with E-state index in [1.807, 2.05) is 6.07 Å². The van der Waals surface area contributed by atoms with Crippen molar-refractivity contribution in [1.82, 2.24) is 5.32 Å². The number of ether oxygens (including phenoxy) is 3. The van der Waals surface area contributed by atoms with Crippen LogP contribution in [-0.2, 0) is 19.3 Å². The summed E-state index contributed by atoms with van der Waals surface area (Å²) in [6, 6.07) is 24.2. The van der Waals surface area contributed by atoms with E-state index in [4.69, 9.17) is 14.2 Å². The second kappa shape index (κ2) is 11.9. The highest BCUT2D eigenvalue weighted by Gasteiger charge is 2.29. The lowest BCUT2D eigenvalue weighted by atomic mass is 9.76. The van der Waals surface area contributed by atoms with Crippen molar-refractivity contribution in [3.05, 3.63) is 89.0 Å². The third kappa shape index (κ3) is 5.92. The van der Waals surface area contributed by atoms with E-state index in [1.54, 1.807) is 21.3 Å². The summed E-state index contributed by atoms with van der Waals surface area (Å²) in [5.74, 6) is 3.02. The van der Waals surface area contributed by atoms with E-state index >= 15 is 0 Å². The standard InChI is InChI=1S/C30H37NO3/c1-32-25-14-15-26-24(21-25)13-16-28(27(26)19-22-9-5-4-6-10-22)31-18-8-7-11-23-12-17-29(33-2)30(20-23)34-3/h4-6,9-10,12,14-15,17,20-21,27-28,31H,7-8,11,13,16,18-19H2,1-3H3. The summed E-state index contributed by atoms with van der Waals surface area (Å²) in [7, 11) is 5.11. The molecule has 0 radical (unpaired) electrons. The zero-order valence-electron chi connectivity index (χ0n) is 20.7. The summed E-state index contributed by atoms with van der Waals surface area (Å²) in [6.45, 7) is 1.04. The predicted octanol–water partition coefficient (Wildman–Crippen LogP) is 5.97. The zero-order chi connectivity index (χ0) is 23.8. The van der Waals surface area contributed by atoms with Gasteiger partial charge in [-0.1, -0.05) is 42.5 Å². The summed E-state index contributed by atoms with van der Waals surface area (Å²) in [6.07, 6.45) is 6.66. The third-order valence-corrected chi connectivity index (χ3v) is 7.01. The lowest BCUT2D eigenvalue weighted by Gasteiger charge is -2.35. The van der Waals surface area contributed by atoms with Crippen LogP contribution in [0.15, 0.2) is 66.7 Å². The van der Waals surface area contributed by atoms with E-state index in [0.29, 0.717) is 12.0 Å². The third-order valence-electron chi connectivity index (χ3n) is 7.01. The Kier molecular flexibility index (Phi) is 8.48. The molecule has 0 fully saturated rings. The Morgan fingerprint density at radius 1 is 0.794 bits per heavy atom. The zero-order valence-corrected chi connectivity index (χ0v) is 20.7. The summed E-state index contributed by atoms with van der Waals surface area (Å²) in [5, 5.41) is 3.91. The molecule has 1 N–H and O–H groups in total. The largest absolute Gasteiger partial charge is 0.497 e. The van der Waals surface area contributed by atoms with Gasteiger partial charge in [-0.3, -0.25) is 0 Å². The maximum Gasteiger partial charge on any atom is 0.160 e. The normalized spacial score (nSPS) is 17.1. The minimum atomic E-state index is 0.475. The Balaban J connectivity index is 1.36. The number of hydrogen-bond acceptors (Lipinski definition) is 4. The molecule has 0 aromatic heterocycles. The van der Waals surface area contributed by atoms with Gasteiger partial charge in [-0.05, 0) is 91.6 Å². The fraction of sp³-hybridized carbons (Fsp3) is 0.400. The fourth-order valence-electron chi connectivity index (χ4n) is 5.16. The molecule has 0 spiro atoms. The smallest absolute Gasteiger partial charge is 0.160 e. The molecule has 2 unspecified atom stereocenters. The van der Waals surface area contributed by atoms with Gasteiger partial charge in [-0.15, -0.1) is 0 Å². The van der Waals surface area contributed by atoms with E-state index in [9.17, 15) is 0 Å². The molecule has 0 heterocycles. The molecule has 0 amide bonds. The summed E-state index contributed by atoms with van der Waals surface area (Å²) in [4.78, 5) is 0. The average molecular weight is 460 g/mol. The van der Waals surface area contributed by atoms with Crippen molar-refractivity contribution in [2.75, 3.05) is 27.9 Å². The van der Waals surface area contributed by atoms with Crippen LogP contribution < -0.4 is 19.5 Å². The molecule has 3 aromatic rings. The Morgan fingerprint density at radius 2 is 1.62 bits per heavy atom. The first-order chi connectivity index (χ1) is 16.7. The van der Waals surface area contributed by atoms with Crippen LogP contribution in [0, 0.1) is 0 Å². The Bertz CT molecular complexity index is 1050. The summed E-state index contributed by atoms with van der Waals surface area (Å²) >= 11 is 0. The van der Waals surface area contributed by atoms with Crippen molar-refractivity contribution in [3.8, 4) is 17.2 Å². The molecule has 0 aliphatic heterocycles. The maximum absolute atomic E-state index is 5.49. The molecule has 0 saturated heterocycles. The summed E-state index contributed by atoms with van der Waals surface area (Å²) in [5.41, 5.74) is 5.60. The van der Waals surface area contributed by atoms with Gasteiger partial charge in [0.15, 0.2) is 11.5 Å². The molecule has 1 aliphatic carbocycles. The molecule has 2 atom stereocenters. The number of fused-ring (bicyclic) bond motifs is 1. The van der Waals surface area contributed by atoms with Crippen LogP contribution in [0.4, 0.5) is 0 Å². The Labute approximate surface area is 204 Å².